The van der Waals surface area contributed by atoms with Crippen LogP contribution in [0.2, 0.25) is 0 Å². The van der Waals surface area contributed by atoms with Crippen LogP contribution in [-0.2, 0) is 5.41 Å². The molecule has 11 aromatic rings. The zero-order valence-corrected chi connectivity index (χ0v) is 34.5. The lowest BCUT2D eigenvalue weighted by molar-refractivity contribution is 0.793. The predicted molar refractivity (Wildman–Crippen MR) is 263 cm³/mol. The van der Waals surface area contributed by atoms with E-state index in [2.05, 4.69) is 252 Å². The minimum absolute atomic E-state index is 0.465. The van der Waals surface area contributed by atoms with Gasteiger partial charge in [-0.05, 0) is 110 Å². The van der Waals surface area contributed by atoms with Gasteiger partial charge in [0.1, 0.15) is 0 Å². The van der Waals surface area contributed by atoms with Gasteiger partial charge in [0.05, 0.1) is 22.1 Å². The summed E-state index contributed by atoms with van der Waals surface area (Å²) in [6.07, 6.45) is 0. The topological polar surface area (TPSA) is 8.17 Å². The molecular formula is C61H40N2. The first-order valence-corrected chi connectivity index (χ1v) is 21.9. The van der Waals surface area contributed by atoms with Gasteiger partial charge in [-0.3, -0.25) is 0 Å². The standard InChI is InChI=1S/C61H40N2/c1-4-18-41(19-5-1)42-32-34-45(35-33-42)62(58-39-38-47(43-20-6-2-7-21-43)60-59(58)52-27-13-17-31-57(52)63(60)44-22-8-3-9-23-44)46-36-37-51-50-26-12-16-30-55(50)61(56(51)40-46)53-28-14-10-24-48(53)49-25-11-15-29-54(49)61/h1-40H. The molecule has 0 aliphatic heterocycles. The molecule has 13 rings (SSSR count). The van der Waals surface area contributed by atoms with Gasteiger partial charge in [0, 0.05) is 33.4 Å². The highest BCUT2D eigenvalue weighted by atomic mass is 15.1. The Hall–Kier alpha value is -8.20. The van der Waals surface area contributed by atoms with Gasteiger partial charge < -0.3 is 9.47 Å². The van der Waals surface area contributed by atoms with Gasteiger partial charge in [-0.25, -0.2) is 0 Å². The summed E-state index contributed by atoms with van der Waals surface area (Å²) < 4.78 is 2.47. The van der Waals surface area contributed by atoms with Crippen molar-refractivity contribution in [1.29, 1.82) is 0 Å². The molecule has 0 N–H and O–H groups in total. The zero-order valence-electron chi connectivity index (χ0n) is 34.5. The molecule has 0 unspecified atom stereocenters. The van der Waals surface area contributed by atoms with Crippen LogP contribution in [0.15, 0.2) is 243 Å². The number of nitrogens with zero attached hydrogens (tertiary/aromatic N) is 2. The van der Waals surface area contributed by atoms with E-state index < -0.39 is 5.41 Å². The first-order valence-electron chi connectivity index (χ1n) is 21.9. The first-order chi connectivity index (χ1) is 31.3. The maximum Gasteiger partial charge on any atom is 0.0726 e. The second kappa shape index (κ2) is 13.9. The quantitative estimate of drug-likeness (QED) is 0.163. The van der Waals surface area contributed by atoms with Crippen LogP contribution in [0.1, 0.15) is 22.3 Å². The largest absolute Gasteiger partial charge is 0.310 e. The molecule has 2 heteroatoms. The van der Waals surface area contributed by atoms with E-state index in [0.717, 1.165) is 22.7 Å². The summed E-state index contributed by atoms with van der Waals surface area (Å²) in [4.78, 5) is 2.51. The number of benzene rings is 10. The molecule has 0 amide bonds. The van der Waals surface area contributed by atoms with Crippen molar-refractivity contribution in [2.24, 2.45) is 0 Å². The lowest BCUT2D eigenvalue weighted by atomic mass is 9.70. The molecule has 0 radical (unpaired) electrons. The van der Waals surface area contributed by atoms with E-state index in [1.165, 1.54) is 88.6 Å². The van der Waals surface area contributed by atoms with Gasteiger partial charge in [0.25, 0.3) is 0 Å². The molecule has 10 aromatic carbocycles. The Bertz CT molecular complexity index is 3480. The number of aromatic nitrogens is 1. The summed E-state index contributed by atoms with van der Waals surface area (Å²) in [6.45, 7) is 0. The third kappa shape index (κ3) is 5.13. The molecule has 2 aliphatic carbocycles. The van der Waals surface area contributed by atoms with Crippen molar-refractivity contribution in [1.82, 2.24) is 4.57 Å². The molecule has 0 saturated carbocycles. The summed E-state index contributed by atoms with van der Waals surface area (Å²) in [5.74, 6) is 0. The first kappa shape index (κ1) is 35.5. The molecule has 0 saturated heterocycles. The van der Waals surface area contributed by atoms with Crippen molar-refractivity contribution in [3.05, 3.63) is 265 Å². The lowest BCUT2D eigenvalue weighted by Gasteiger charge is -2.32. The summed E-state index contributed by atoms with van der Waals surface area (Å²) in [7, 11) is 0. The minimum atomic E-state index is -0.465. The molecular weight excluding hydrogens is 761 g/mol. The molecule has 0 fully saturated rings. The Morgan fingerprint density at radius 3 is 1.44 bits per heavy atom. The normalized spacial score (nSPS) is 12.9. The third-order valence-corrected chi connectivity index (χ3v) is 13.6. The SMILES string of the molecule is c1ccc(-c2ccc(N(c3ccc4c(c3)C3(c5ccccc5-c5ccccc53)c3ccccc3-4)c3ccc(-c4ccccc4)c4c3c3ccccc3n4-c3ccccc3)cc2)cc1. The monoisotopic (exact) mass is 800 g/mol. The average molecular weight is 801 g/mol. The Kier molecular flexibility index (Phi) is 7.85. The second-order valence-electron chi connectivity index (χ2n) is 16.8. The van der Waals surface area contributed by atoms with E-state index in [0.29, 0.717) is 0 Å². The highest BCUT2D eigenvalue weighted by Crippen LogP contribution is 2.63. The van der Waals surface area contributed by atoms with E-state index in [1.807, 2.05) is 0 Å². The number of hydrogen-bond donors (Lipinski definition) is 0. The van der Waals surface area contributed by atoms with Crippen molar-refractivity contribution < 1.29 is 0 Å². The number of fused-ring (bicyclic) bond motifs is 13. The van der Waals surface area contributed by atoms with Crippen LogP contribution in [0.5, 0.6) is 0 Å². The van der Waals surface area contributed by atoms with Gasteiger partial charge >= 0.3 is 0 Å². The van der Waals surface area contributed by atoms with E-state index >= 15 is 0 Å². The van der Waals surface area contributed by atoms with Crippen molar-refractivity contribution >= 4 is 38.9 Å². The fourth-order valence-electron chi connectivity index (χ4n) is 11.0. The Morgan fingerprint density at radius 2 is 0.810 bits per heavy atom. The molecule has 1 spiro atoms. The van der Waals surface area contributed by atoms with Crippen molar-refractivity contribution in [2.45, 2.75) is 5.41 Å². The highest BCUT2D eigenvalue weighted by molar-refractivity contribution is 6.20. The zero-order chi connectivity index (χ0) is 41.5. The molecule has 1 aromatic heterocycles. The Balaban J connectivity index is 1.13. The summed E-state index contributed by atoms with van der Waals surface area (Å²) in [5.41, 5.74) is 21.6. The van der Waals surface area contributed by atoms with Crippen LogP contribution < -0.4 is 4.90 Å². The maximum absolute atomic E-state index is 2.51. The molecule has 63 heavy (non-hydrogen) atoms. The molecule has 1 heterocycles. The van der Waals surface area contributed by atoms with Gasteiger partial charge in [0.15, 0.2) is 0 Å². The summed E-state index contributed by atoms with van der Waals surface area (Å²) in [6, 6.07) is 89.5. The van der Waals surface area contributed by atoms with Crippen LogP contribution in [0.4, 0.5) is 17.1 Å². The van der Waals surface area contributed by atoms with Crippen LogP contribution in [-0.4, -0.2) is 4.57 Å². The van der Waals surface area contributed by atoms with Crippen molar-refractivity contribution in [3.63, 3.8) is 0 Å². The molecule has 294 valence electrons. The summed E-state index contributed by atoms with van der Waals surface area (Å²) >= 11 is 0. The molecule has 0 bridgehead atoms. The van der Waals surface area contributed by atoms with E-state index in [1.54, 1.807) is 0 Å². The van der Waals surface area contributed by atoms with Gasteiger partial charge in [-0.2, -0.15) is 0 Å². The number of hydrogen-bond acceptors (Lipinski definition) is 1. The highest BCUT2D eigenvalue weighted by Gasteiger charge is 2.51. The molecule has 2 nitrogen and oxygen atoms in total. The van der Waals surface area contributed by atoms with Crippen LogP contribution in [0, 0.1) is 0 Å². The van der Waals surface area contributed by atoms with Crippen LogP contribution >= 0.6 is 0 Å². The number of rotatable bonds is 6. The number of anilines is 3. The van der Waals surface area contributed by atoms with Crippen LogP contribution in [0.25, 0.3) is 72.0 Å². The smallest absolute Gasteiger partial charge is 0.0726 e. The Morgan fingerprint density at radius 1 is 0.333 bits per heavy atom. The molecule has 0 atom stereocenters. The number of para-hydroxylation sites is 2. The second-order valence-corrected chi connectivity index (χ2v) is 16.8. The maximum atomic E-state index is 2.51. The van der Waals surface area contributed by atoms with Crippen molar-refractivity contribution in [3.8, 4) is 50.2 Å². The van der Waals surface area contributed by atoms with E-state index in [-0.39, 0.29) is 0 Å². The van der Waals surface area contributed by atoms with Gasteiger partial charge in [-0.15, -0.1) is 0 Å². The molecule has 2 aliphatic rings. The average Bonchev–Trinajstić information content (AvgIpc) is 3.98. The Labute approximate surface area is 367 Å². The lowest BCUT2D eigenvalue weighted by Crippen LogP contribution is -2.26. The third-order valence-electron chi connectivity index (χ3n) is 13.6. The fraction of sp³-hybridized carbons (Fsp3) is 0.0164. The summed E-state index contributed by atoms with van der Waals surface area (Å²) in [5, 5.41) is 2.41. The fourth-order valence-corrected chi connectivity index (χ4v) is 11.0. The van der Waals surface area contributed by atoms with Crippen LogP contribution in [0.3, 0.4) is 0 Å². The minimum Gasteiger partial charge on any atom is -0.310 e. The predicted octanol–water partition coefficient (Wildman–Crippen LogP) is 15.9. The van der Waals surface area contributed by atoms with Gasteiger partial charge in [0.2, 0.25) is 0 Å². The van der Waals surface area contributed by atoms with Gasteiger partial charge in [-0.1, -0.05) is 194 Å². The van der Waals surface area contributed by atoms with Crippen molar-refractivity contribution in [2.75, 3.05) is 4.90 Å². The van der Waals surface area contributed by atoms with E-state index in [4.69, 9.17) is 0 Å². The van der Waals surface area contributed by atoms with E-state index in [9.17, 15) is 0 Å².